The van der Waals surface area contributed by atoms with Gasteiger partial charge in [0.25, 0.3) is 0 Å². The maximum Gasteiger partial charge on any atom is 0.228 e. The fourth-order valence-corrected chi connectivity index (χ4v) is 3.11. The summed E-state index contributed by atoms with van der Waals surface area (Å²) in [5.41, 5.74) is 1.95. The van der Waals surface area contributed by atoms with E-state index in [0.29, 0.717) is 6.42 Å². The van der Waals surface area contributed by atoms with Crippen molar-refractivity contribution in [1.82, 2.24) is 5.32 Å². The Bertz CT molecular complexity index is 505. The predicted octanol–water partition coefficient (Wildman–Crippen LogP) is 1.39. The number of amides is 1. The number of nitrogens with one attached hydrogen (secondary N) is 2. The van der Waals surface area contributed by atoms with Gasteiger partial charge in [0.05, 0.1) is 12.0 Å². The third-order valence-electron chi connectivity index (χ3n) is 4.41. The van der Waals surface area contributed by atoms with Crippen LogP contribution in [-0.2, 0) is 16.8 Å². The van der Waals surface area contributed by atoms with E-state index in [0.717, 1.165) is 42.7 Å². The van der Waals surface area contributed by atoms with Crippen LogP contribution in [0.25, 0.3) is 0 Å². The van der Waals surface area contributed by atoms with Crippen molar-refractivity contribution in [3.8, 4) is 0 Å². The molecule has 0 radical (unpaired) electrons. The second kappa shape index (κ2) is 4.62. The molecular weight excluding hydrogens is 240 g/mol. The van der Waals surface area contributed by atoms with Gasteiger partial charge in [0.15, 0.2) is 0 Å². The number of benzene rings is 1. The molecule has 1 aromatic carbocycles. The van der Waals surface area contributed by atoms with Crippen molar-refractivity contribution in [3.63, 3.8) is 0 Å². The van der Waals surface area contributed by atoms with Gasteiger partial charge in [-0.15, -0.1) is 0 Å². The number of piperidine rings is 1. The molecule has 2 aliphatic rings. The Morgan fingerprint density at radius 3 is 3.00 bits per heavy atom. The summed E-state index contributed by atoms with van der Waals surface area (Å²) in [6.07, 6.45) is 2.56. The molecule has 2 unspecified atom stereocenters. The van der Waals surface area contributed by atoms with Crippen LogP contribution in [0.3, 0.4) is 0 Å². The maximum atomic E-state index is 11.4. The molecular formula is C15H20N2O2. The van der Waals surface area contributed by atoms with Crippen molar-refractivity contribution in [2.24, 2.45) is 5.92 Å². The molecule has 3 N–H and O–H groups in total. The minimum Gasteiger partial charge on any atom is -0.385 e. The molecule has 2 atom stereocenters. The monoisotopic (exact) mass is 260 g/mol. The van der Waals surface area contributed by atoms with Crippen LogP contribution < -0.4 is 10.6 Å². The van der Waals surface area contributed by atoms with Crippen LogP contribution in [0, 0.1) is 5.92 Å². The van der Waals surface area contributed by atoms with Gasteiger partial charge in [0.2, 0.25) is 5.91 Å². The van der Waals surface area contributed by atoms with Gasteiger partial charge in [0.1, 0.15) is 0 Å². The highest BCUT2D eigenvalue weighted by Gasteiger charge is 2.35. The molecule has 4 nitrogen and oxygen atoms in total. The van der Waals surface area contributed by atoms with Crippen molar-refractivity contribution in [2.75, 3.05) is 18.4 Å². The van der Waals surface area contributed by atoms with E-state index in [9.17, 15) is 9.90 Å². The molecule has 0 aromatic heterocycles. The lowest BCUT2D eigenvalue weighted by Crippen LogP contribution is -2.42. The summed E-state index contributed by atoms with van der Waals surface area (Å²) in [7, 11) is 0. The predicted molar refractivity (Wildman–Crippen MR) is 73.9 cm³/mol. The highest BCUT2D eigenvalue weighted by Crippen LogP contribution is 2.36. The minimum absolute atomic E-state index is 0.0334. The summed E-state index contributed by atoms with van der Waals surface area (Å²) in [6.45, 7) is 3.77. The zero-order valence-electron chi connectivity index (χ0n) is 11.2. The average Bonchev–Trinajstić information content (AvgIpc) is 2.78. The second-order valence-corrected chi connectivity index (χ2v) is 5.79. The molecule has 1 aromatic rings. The van der Waals surface area contributed by atoms with Crippen molar-refractivity contribution >= 4 is 11.6 Å². The first-order chi connectivity index (χ1) is 9.07. The van der Waals surface area contributed by atoms with Gasteiger partial charge in [-0.25, -0.2) is 0 Å². The normalized spacial score (nSPS) is 25.6. The summed E-state index contributed by atoms with van der Waals surface area (Å²) in [4.78, 5) is 11.4. The average molecular weight is 260 g/mol. The van der Waals surface area contributed by atoms with Crippen LogP contribution in [0.4, 0.5) is 5.69 Å². The number of anilines is 1. The zero-order chi connectivity index (χ0) is 13.5. The molecule has 1 fully saturated rings. The Hall–Kier alpha value is -1.39. The minimum atomic E-state index is -0.839. The molecule has 0 saturated carbocycles. The van der Waals surface area contributed by atoms with E-state index in [2.05, 4.69) is 10.6 Å². The molecule has 19 heavy (non-hydrogen) atoms. The van der Waals surface area contributed by atoms with Crippen LogP contribution in [0.15, 0.2) is 18.2 Å². The lowest BCUT2D eigenvalue weighted by molar-refractivity contribution is -0.115. The van der Waals surface area contributed by atoms with E-state index in [1.165, 1.54) is 0 Å². The summed E-state index contributed by atoms with van der Waals surface area (Å²) < 4.78 is 0. The topological polar surface area (TPSA) is 61.4 Å². The van der Waals surface area contributed by atoms with Gasteiger partial charge in [-0.05, 0) is 43.5 Å². The molecule has 2 heterocycles. The number of aliphatic hydroxyl groups is 1. The molecule has 4 heteroatoms. The second-order valence-electron chi connectivity index (χ2n) is 5.79. The summed E-state index contributed by atoms with van der Waals surface area (Å²) in [5, 5.41) is 17.0. The van der Waals surface area contributed by atoms with Crippen LogP contribution in [-0.4, -0.2) is 24.1 Å². The smallest absolute Gasteiger partial charge is 0.228 e. The summed E-state index contributed by atoms with van der Waals surface area (Å²) in [5.74, 6) is 0.260. The van der Waals surface area contributed by atoms with Crippen molar-refractivity contribution < 1.29 is 9.90 Å². The van der Waals surface area contributed by atoms with Gasteiger partial charge in [-0.1, -0.05) is 12.1 Å². The number of rotatable bonds is 2. The lowest BCUT2D eigenvalue weighted by Gasteiger charge is -2.36. The molecule has 0 bridgehead atoms. The molecule has 0 spiro atoms. The first-order valence-corrected chi connectivity index (χ1v) is 6.94. The summed E-state index contributed by atoms with van der Waals surface area (Å²) in [6, 6.07) is 5.81. The van der Waals surface area contributed by atoms with E-state index >= 15 is 0 Å². The van der Waals surface area contributed by atoms with Crippen LogP contribution in [0.5, 0.6) is 0 Å². The molecule has 102 valence electrons. The van der Waals surface area contributed by atoms with E-state index in [-0.39, 0.29) is 11.8 Å². The first kappa shape index (κ1) is 12.6. The Balaban J connectivity index is 1.88. The SMILES string of the molecule is CC(O)(c1ccc2c(c1)CC(=O)N2)C1CCCNC1. The van der Waals surface area contributed by atoms with Crippen LogP contribution >= 0.6 is 0 Å². The highest BCUT2D eigenvalue weighted by atomic mass is 16.3. The third kappa shape index (κ3) is 2.26. The van der Waals surface area contributed by atoms with Crippen molar-refractivity contribution in [3.05, 3.63) is 29.3 Å². The Labute approximate surface area is 113 Å². The van der Waals surface area contributed by atoms with Gasteiger partial charge in [-0.2, -0.15) is 0 Å². The number of carbonyl (C=O) groups is 1. The fraction of sp³-hybridized carbons (Fsp3) is 0.533. The molecule has 1 amide bonds. The van der Waals surface area contributed by atoms with E-state index in [1.807, 2.05) is 25.1 Å². The molecule has 2 aliphatic heterocycles. The van der Waals surface area contributed by atoms with Gasteiger partial charge < -0.3 is 15.7 Å². The van der Waals surface area contributed by atoms with Crippen LogP contribution in [0.2, 0.25) is 0 Å². The Morgan fingerprint density at radius 2 is 2.26 bits per heavy atom. The number of hydrogen-bond acceptors (Lipinski definition) is 3. The largest absolute Gasteiger partial charge is 0.385 e. The molecule has 3 rings (SSSR count). The van der Waals surface area contributed by atoms with Crippen molar-refractivity contribution in [1.29, 1.82) is 0 Å². The van der Waals surface area contributed by atoms with Gasteiger partial charge in [-0.3, -0.25) is 4.79 Å². The number of carbonyl (C=O) groups excluding carboxylic acids is 1. The molecule has 0 aliphatic carbocycles. The van der Waals surface area contributed by atoms with E-state index in [1.54, 1.807) is 0 Å². The van der Waals surface area contributed by atoms with Crippen LogP contribution in [0.1, 0.15) is 30.9 Å². The van der Waals surface area contributed by atoms with E-state index in [4.69, 9.17) is 0 Å². The summed E-state index contributed by atoms with van der Waals surface area (Å²) >= 11 is 0. The number of hydrogen-bond donors (Lipinski definition) is 3. The first-order valence-electron chi connectivity index (χ1n) is 6.94. The van der Waals surface area contributed by atoms with Crippen molar-refractivity contribution in [2.45, 2.75) is 31.8 Å². The maximum absolute atomic E-state index is 11.4. The Kier molecular flexibility index (Phi) is 3.07. The standard InChI is InChI=1S/C15H20N2O2/c1-15(19,12-3-2-6-16-9-12)11-4-5-13-10(7-11)8-14(18)17-13/h4-5,7,12,16,19H,2-3,6,8-9H2,1H3,(H,17,18). The quantitative estimate of drug-likeness (QED) is 0.753. The lowest BCUT2D eigenvalue weighted by atomic mass is 9.78. The van der Waals surface area contributed by atoms with Gasteiger partial charge in [0, 0.05) is 18.2 Å². The Morgan fingerprint density at radius 1 is 1.42 bits per heavy atom. The third-order valence-corrected chi connectivity index (χ3v) is 4.41. The number of fused-ring (bicyclic) bond motifs is 1. The van der Waals surface area contributed by atoms with Gasteiger partial charge >= 0.3 is 0 Å². The fourth-order valence-electron chi connectivity index (χ4n) is 3.11. The van der Waals surface area contributed by atoms with E-state index < -0.39 is 5.60 Å². The zero-order valence-corrected chi connectivity index (χ0v) is 11.2. The molecule has 1 saturated heterocycles. The highest BCUT2D eigenvalue weighted by molar-refractivity contribution is 5.99.